The summed E-state index contributed by atoms with van der Waals surface area (Å²) in [5.74, 6) is -0.715. The van der Waals surface area contributed by atoms with E-state index >= 15 is 0 Å². The smallest absolute Gasteiger partial charge is 0.324 e. The van der Waals surface area contributed by atoms with Gasteiger partial charge in [-0.1, -0.05) is 36.8 Å². The van der Waals surface area contributed by atoms with E-state index in [1.54, 1.807) is 0 Å². The normalized spacial score (nSPS) is 20.3. The first-order valence-electron chi connectivity index (χ1n) is 6.65. The molecule has 1 aliphatic rings. The fraction of sp³-hybridized carbons (Fsp3) is 0.533. The molecule has 0 aliphatic carbocycles. The van der Waals surface area contributed by atoms with Gasteiger partial charge in [-0.15, -0.1) is 0 Å². The van der Waals surface area contributed by atoms with E-state index in [1.165, 1.54) is 6.42 Å². The Balaban J connectivity index is 2.18. The Morgan fingerprint density at radius 3 is 2.39 bits per heavy atom. The Labute approximate surface area is 108 Å². The van der Waals surface area contributed by atoms with Crippen molar-refractivity contribution in [3.8, 4) is 0 Å². The highest BCUT2D eigenvalue weighted by molar-refractivity contribution is 5.78. The molecule has 18 heavy (non-hydrogen) atoms. The molecule has 1 atom stereocenters. The molecule has 0 bridgehead atoms. The zero-order valence-corrected chi connectivity index (χ0v) is 10.9. The first kappa shape index (κ1) is 13.1. The number of nitrogens with zero attached hydrogens (tertiary/aromatic N) is 1. The minimum absolute atomic E-state index is 0.573. The zero-order chi connectivity index (χ0) is 13.0. The summed E-state index contributed by atoms with van der Waals surface area (Å²) in [5, 5.41) is 9.60. The molecular weight excluding hydrogens is 226 g/mol. The zero-order valence-electron chi connectivity index (χ0n) is 10.9. The molecule has 0 radical (unpaired) electrons. The van der Waals surface area contributed by atoms with Gasteiger partial charge in [0.05, 0.1) is 0 Å². The number of piperidine rings is 1. The fourth-order valence-corrected chi connectivity index (χ4v) is 2.70. The van der Waals surface area contributed by atoms with Crippen molar-refractivity contribution in [2.24, 2.45) is 0 Å². The molecule has 1 heterocycles. The molecule has 0 spiro atoms. The number of hydrogen-bond donors (Lipinski definition) is 1. The van der Waals surface area contributed by atoms with Gasteiger partial charge in [-0.25, -0.2) is 0 Å². The van der Waals surface area contributed by atoms with E-state index in [2.05, 4.69) is 4.90 Å². The van der Waals surface area contributed by atoms with Crippen molar-refractivity contribution in [2.45, 2.75) is 38.1 Å². The molecule has 1 aromatic rings. The highest BCUT2D eigenvalue weighted by Crippen LogP contribution is 2.25. The van der Waals surface area contributed by atoms with E-state index in [-0.39, 0.29) is 0 Å². The van der Waals surface area contributed by atoms with E-state index < -0.39 is 11.5 Å². The van der Waals surface area contributed by atoms with Gasteiger partial charge in [0.2, 0.25) is 0 Å². The van der Waals surface area contributed by atoms with Crippen LogP contribution in [0.1, 0.15) is 31.7 Å². The van der Waals surface area contributed by atoms with Gasteiger partial charge in [0.1, 0.15) is 5.54 Å². The summed E-state index contributed by atoms with van der Waals surface area (Å²) in [6, 6.07) is 9.90. The largest absolute Gasteiger partial charge is 0.480 e. The second-order valence-electron chi connectivity index (χ2n) is 5.29. The lowest BCUT2D eigenvalue weighted by molar-refractivity contribution is -0.151. The maximum Gasteiger partial charge on any atom is 0.324 e. The quantitative estimate of drug-likeness (QED) is 0.889. The monoisotopic (exact) mass is 247 g/mol. The Hall–Kier alpha value is -1.35. The molecule has 0 aromatic heterocycles. The average molecular weight is 247 g/mol. The molecule has 98 valence electrons. The molecule has 1 fully saturated rings. The van der Waals surface area contributed by atoms with Gasteiger partial charge >= 0.3 is 5.97 Å². The number of benzene rings is 1. The van der Waals surface area contributed by atoms with Crippen LogP contribution < -0.4 is 0 Å². The lowest BCUT2D eigenvalue weighted by Crippen LogP contribution is -2.55. The SMILES string of the molecule is CC(Cc1ccccc1)(C(=O)O)N1CCCCC1. The van der Waals surface area contributed by atoms with E-state index in [9.17, 15) is 9.90 Å². The van der Waals surface area contributed by atoms with Crippen LogP contribution in [0.15, 0.2) is 30.3 Å². The van der Waals surface area contributed by atoms with Gasteiger partial charge in [0.15, 0.2) is 0 Å². The average Bonchev–Trinajstić information content (AvgIpc) is 2.40. The number of carboxylic acid groups (broad SMARTS) is 1. The molecule has 0 saturated carbocycles. The predicted octanol–water partition coefficient (Wildman–Crippen LogP) is 2.56. The summed E-state index contributed by atoms with van der Waals surface area (Å²) >= 11 is 0. The van der Waals surface area contributed by atoms with Crippen LogP contribution in [-0.4, -0.2) is 34.6 Å². The third-order valence-electron chi connectivity index (χ3n) is 3.91. The van der Waals surface area contributed by atoms with Gasteiger partial charge < -0.3 is 5.11 Å². The lowest BCUT2D eigenvalue weighted by Gasteiger charge is -2.40. The minimum atomic E-state index is -0.776. The maximum atomic E-state index is 11.7. The third kappa shape index (κ3) is 2.72. The van der Waals surface area contributed by atoms with E-state index in [4.69, 9.17) is 0 Å². The van der Waals surface area contributed by atoms with Crippen LogP contribution in [0.5, 0.6) is 0 Å². The number of likely N-dealkylation sites (tertiary alicyclic amines) is 1. The maximum absolute atomic E-state index is 11.7. The predicted molar refractivity (Wildman–Crippen MR) is 71.6 cm³/mol. The Morgan fingerprint density at radius 1 is 1.22 bits per heavy atom. The Kier molecular flexibility index (Phi) is 4.02. The number of carboxylic acids is 1. The van der Waals surface area contributed by atoms with Crippen molar-refractivity contribution in [2.75, 3.05) is 13.1 Å². The summed E-state index contributed by atoms with van der Waals surface area (Å²) < 4.78 is 0. The highest BCUT2D eigenvalue weighted by Gasteiger charge is 2.39. The Bertz CT molecular complexity index is 398. The van der Waals surface area contributed by atoms with Crippen LogP contribution in [0.2, 0.25) is 0 Å². The molecule has 2 rings (SSSR count). The molecule has 3 heteroatoms. The number of rotatable bonds is 4. The molecular formula is C15H21NO2. The van der Waals surface area contributed by atoms with Gasteiger partial charge in [-0.2, -0.15) is 0 Å². The second-order valence-corrected chi connectivity index (χ2v) is 5.29. The molecule has 1 saturated heterocycles. The lowest BCUT2D eigenvalue weighted by atomic mass is 9.89. The Morgan fingerprint density at radius 2 is 1.83 bits per heavy atom. The van der Waals surface area contributed by atoms with Crippen molar-refractivity contribution in [3.05, 3.63) is 35.9 Å². The van der Waals surface area contributed by atoms with Crippen LogP contribution in [0.3, 0.4) is 0 Å². The van der Waals surface area contributed by atoms with Crippen LogP contribution >= 0.6 is 0 Å². The highest BCUT2D eigenvalue weighted by atomic mass is 16.4. The van der Waals surface area contributed by atoms with Crippen molar-refractivity contribution >= 4 is 5.97 Å². The number of hydrogen-bond acceptors (Lipinski definition) is 2. The van der Waals surface area contributed by atoms with Crippen molar-refractivity contribution in [1.29, 1.82) is 0 Å². The van der Waals surface area contributed by atoms with E-state index in [0.29, 0.717) is 6.42 Å². The third-order valence-corrected chi connectivity index (χ3v) is 3.91. The van der Waals surface area contributed by atoms with Gasteiger partial charge in [0.25, 0.3) is 0 Å². The standard InChI is InChI=1S/C15H21NO2/c1-15(14(17)18,16-10-6-3-7-11-16)12-13-8-4-2-5-9-13/h2,4-5,8-9H,3,6-7,10-12H2,1H3,(H,17,18). The van der Waals surface area contributed by atoms with Crippen molar-refractivity contribution < 1.29 is 9.90 Å². The molecule has 1 aliphatic heterocycles. The minimum Gasteiger partial charge on any atom is -0.480 e. The molecule has 3 nitrogen and oxygen atoms in total. The second kappa shape index (κ2) is 5.53. The summed E-state index contributed by atoms with van der Waals surface area (Å²) in [5.41, 5.74) is 0.315. The first-order valence-corrected chi connectivity index (χ1v) is 6.65. The van der Waals surface area contributed by atoms with Crippen molar-refractivity contribution in [3.63, 3.8) is 0 Å². The number of aliphatic carboxylic acids is 1. The van der Waals surface area contributed by atoms with Crippen LogP contribution in [0, 0.1) is 0 Å². The van der Waals surface area contributed by atoms with Gasteiger partial charge in [-0.3, -0.25) is 9.69 Å². The first-order chi connectivity index (χ1) is 8.63. The summed E-state index contributed by atoms with van der Waals surface area (Å²) in [7, 11) is 0. The fourth-order valence-electron chi connectivity index (χ4n) is 2.70. The van der Waals surface area contributed by atoms with E-state index in [1.807, 2.05) is 37.3 Å². The topological polar surface area (TPSA) is 40.5 Å². The summed E-state index contributed by atoms with van der Waals surface area (Å²) in [4.78, 5) is 13.8. The molecule has 1 N–H and O–H groups in total. The van der Waals surface area contributed by atoms with Crippen molar-refractivity contribution in [1.82, 2.24) is 4.90 Å². The molecule has 0 amide bonds. The van der Waals surface area contributed by atoms with Gasteiger partial charge in [0, 0.05) is 6.42 Å². The van der Waals surface area contributed by atoms with Gasteiger partial charge in [-0.05, 0) is 38.4 Å². The molecule has 1 unspecified atom stereocenters. The summed E-state index contributed by atoms with van der Waals surface area (Å²) in [6.45, 7) is 3.65. The molecule has 1 aromatic carbocycles. The van der Waals surface area contributed by atoms with Crippen LogP contribution in [-0.2, 0) is 11.2 Å². The number of carbonyl (C=O) groups is 1. The summed E-state index contributed by atoms with van der Waals surface area (Å²) in [6.07, 6.45) is 4.01. The van der Waals surface area contributed by atoms with E-state index in [0.717, 1.165) is 31.5 Å². The van der Waals surface area contributed by atoms with Crippen LogP contribution in [0.25, 0.3) is 0 Å². The van der Waals surface area contributed by atoms with Crippen LogP contribution in [0.4, 0.5) is 0 Å².